The number of anilines is 1. The van der Waals surface area contributed by atoms with E-state index in [4.69, 9.17) is 4.74 Å². The number of rotatable bonds is 9. The van der Waals surface area contributed by atoms with Crippen molar-refractivity contribution in [3.8, 4) is 5.75 Å². The Morgan fingerprint density at radius 1 is 1.12 bits per heavy atom. The summed E-state index contributed by atoms with van der Waals surface area (Å²) in [6.07, 6.45) is 1.07. The fraction of sp³-hybridized carbons (Fsp3) is 0.409. The molecule has 4 heteroatoms. The Bertz CT molecular complexity index is 680. The predicted octanol–water partition coefficient (Wildman–Crippen LogP) is 4.10. The third-order valence-corrected chi connectivity index (χ3v) is 4.30. The van der Waals surface area contributed by atoms with Gasteiger partial charge in [0.25, 0.3) is 5.91 Å². The summed E-state index contributed by atoms with van der Waals surface area (Å²) in [5.74, 6) is 0.710. The van der Waals surface area contributed by atoms with E-state index in [1.54, 1.807) is 0 Å². The zero-order valence-electron chi connectivity index (χ0n) is 16.3. The first-order chi connectivity index (χ1) is 12.5. The number of ether oxygens (including phenoxy) is 1. The van der Waals surface area contributed by atoms with E-state index in [1.165, 1.54) is 5.69 Å². The number of nitrogens with one attached hydrogen (secondary N) is 1. The van der Waals surface area contributed by atoms with E-state index in [2.05, 4.69) is 35.5 Å². The summed E-state index contributed by atoms with van der Waals surface area (Å²) in [6, 6.07) is 16.3. The summed E-state index contributed by atoms with van der Waals surface area (Å²) in [5, 5.41) is 3.00. The van der Waals surface area contributed by atoms with Crippen molar-refractivity contribution in [3.63, 3.8) is 0 Å². The fourth-order valence-corrected chi connectivity index (χ4v) is 2.94. The van der Waals surface area contributed by atoms with Gasteiger partial charge in [-0.05, 0) is 62.1 Å². The third kappa shape index (κ3) is 6.10. The highest BCUT2D eigenvalue weighted by molar-refractivity contribution is 5.81. The molecule has 1 N–H and O–H groups in total. The first-order valence-electron chi connectivity index (χ1n) is 9.28. The van der Waals surface area contributed by atoms with E-state index in [1.807, 2.05) is 51.1 Å². The van der Waals surface area contributed by atoms with Crippen LogP contribution < -0.4 is 15.0 Å². The van der Waals surface area contributed by atoms with Crippen molar-refractivity contribution in [2.45, 2.75) is 39.7 Å². The molecule has 1 atom stereocenters. The van der Waals surface area contributed by atoms with Crippen molar-refractivity contribution in [3.05, 3.63) is 59.7 Å². The van der Waals surface area contributed by atoms with Gasteiger partial charge in [-0.1, -0.05) is 31.2 Å². The topological polar surface area (TPSA) is 41.6 Å². The molecule has 0 spiro atoms. The minimum atomic E-state index is -0.456. The molecule has 0 aromatic heterocycles. The van der Waals surface area contributed by atoms with E-state index in [-0.39, 0.29) is 5.91 Å². The third-order valence-electron chi connectivity index (χ3n) is 4.30. The van der Waals surface area contributed by atoms with Crippen LogP contribution >= 0.6 is 0 Å². The predicted molar refractivity (Wildman–Crippen MR) is 108 cm³/mol. The van der Waals surface area contributed by atoms with Crippen molar-refractivity contribution in [1.82, 2.24) is 5.32 Å². The van der Waals surface area contributed by atoms with Crippen molar-refractivity contribution >= 4 is 11.6 Å². The molecule has 0 saturated heterocycles. The molecular formula is C22H30N2O2. The Kier molecular flexibility index (Phi) is 7.52. The molecular weight excluding hydrogens is 324 g/mol. The van der Waals surface area contributed by atoms with Crippen LogP contribution in [-0.2, 0) is 4.79 Å². The lowest BCUT2D eigenvalue weighted by molar-refractivity contribution is -0.128. The summed E-state index contributed by atoms with van der Waals surface area (Å²) in [4.78, 5) is 14.6. The minimum absolute atomic E-state index is 0.0472. The zero-order valence-corrected chi connectivity index (χ0v) is 16.3. The van der Waals surface area contributed by atoms with Crippen molar-refractivity contribution < 1.29 is 9.53 Å². The molecule has 0 aliphatic heterocycles. The molecule has 2 aromatic rings. The molecule has 0 heterocycles. The van der Waals surface area contributed by atoms with Crippen LogP contribution in [0.3, 0.4) is 0 Å². The van der Waals surface area contributed by atoms with Crippen molar-refractivity contribution in [1.29, 1.82) is 0 Å². The number of carbonyl (C=O) groups excluding carboxylic acids is 1. The van der Waals surface area contributed by atoms with Crippen molar-refractivity contribution in [2.75, 3.05) is 25.0 Å². The van der Waals surface area contributed by atoms with Gasteiger partial charge in [-0.15, -0.1) is 0 Å². The molecule has 0 radical (unpaired) electrons. The molecule has 4 nitrogen and oxygen atoms in total. The Morgan fingerprint density at radius 3 is 2.38 bits per heavy atom. The van der Waals surface area contributed by atoms with Gasteiger partial charge in [-0.25, -0.2) is 0 Å². The van der Waals surface area contributed by atoms with E-state index >= 15 is 0 Å². The number of nitrogens with zero attached hydrogens (tertiary/aromatic N) is 1. The van der Waals surface area contributed by atoms with Crippen LogP contribution in [0.2, 0.25) is 0 Å². The first-order valence-corrected chi connectivity index (χ1v) is 9.28. The van der Waals surface area contributed by atoms with Crippen LogP contribution in [0.4, 0.5) is 5.69 Å². The van der Waals surface area contributed by atoms with Crippen molar-refractivity contribution in [2.24, 2.45) is 0 Å². The normalized spacial score (nSPS) is 11.7. The molecule has 2 aromatic carbocycles. The lowest BCUT2D eigenvalue weighted by Gasteiger charge is -2.20. The molecule has 2 rings (SSSR count). The van der Waals surface area contributed by atoms with Crippen LogP contribution in [0.25, 0.3) is 0 Å². The van der Waals surface area contributed by atoms with Gasteiger partial charge in [0.2, 0.25) is 0 Å². The standard InChI is InChI=1S/C22H30N2O2/c1-5-21(26-20-15-17(2)14-18(3)16-20)22(25)23-12-9-13-24(4)19-10-7-6-8-11-19/h6-8,10-11,14-16,21H,5,9,12-13H2,1-4H3,(H,23,25). The molecule has 0 saturated carbocycles. The second-order valence-corrected chi connectivity index (χ2v) is 6.74. The summed E-state index contributed by atoms with van der Waals surface area (Å²) < 4.78 is 5.91. The molecule has 1 amide bonds. The number of carbonyl (C=O) groups is 1. The highest BCUT2D eigenvalue weighted by Crippen LogP contribution is 2.18. The summed E-state index contributed by atoms with van der Waals surface area (Å²) >= 11 is 0. The SMILES string of the molecule is CCC(Oc1cc(C)cc(C)c1)C(=O)NCCCN(C)c1ccccc1. The van der Waals surface area contributed by atoms with E-state index in [0.29, 0.717) is 13.0 Å². The van der Waals surface area contributed by atoms with Crippen LogP contribution in [0.1, 0.15) is 30.9 Å². The van der Waals surface area contributed by atoms with Gasteiger partial charge in [0.1, 0.15) is 5.75 Å². The van der Waals surface area contributed by atoms with Crippen LogP contribution in [0.5, 0.6) is 5.75 Å². The largest absolute Gasteiger partial charge is 0.481 e. The Morgan fingerprint density at radius 2 is 1.77 bits per heavy atom. The minimum Gasteiger partial charge on any atom is -0.481 e. The lowest BCUT2D eigenvalue weighted by Crippen LogP contribution is -2.39. The summed E-state index contributed by atoms with van der Waals surface area (Å²) in [7, 11) is 2.06. The Hall–Kier alpha value is -2.49. The smallest absolute Gasteiger partial charge is 0.261 e. The highest BCUT2D eigenvalue weighted by atomic mass is 16.5. The molecule has 140 valence electrons. The van der Waals surface area contributed by atoms with E-state index < -0.39 is 6.10 Å². The molecule has 0 aliphatic rings. The number of hydrogen-bond acceptors (Lipinski definition) is 3. The lowest BCUT2D eigenvalue weighted by atomic mass is 10.1. The maximum atomic E-state index is 12.4. The average Bonchev–Trinajstić information content (AvgIpc) is 2.62. The number of para-hydroxylation sites is 1. The molecule has 26 heavy (non-hydrogen) atoms. The summed E-state index contributed by atoms with van der Waals surface area (Å²) in [6.45, 7) is 7.56. The maximum Gasteiger partial charge on any atom is 0.261 e. The second kappa shape index (κ2) is 9.85. The van der Waals surface area contributed by atoms with Crippen LogP contribution in [0.15, 0.2) is 48.5 Å². The quantitative estimate of drug-likeness (QED) is 0.689. The second-order valence-electron chi connectivity index (χ2n) is 6.74. The van der Waals surface area contributed by atoms with Gasteiger partial charge in [-0.2, -0.15) is 0 Å². The zero-order chi connectivity index (χ0) is 18.9. The van der Waals surface area contributed by atoms with Gasteiger partial charge in [0.05, 0.1) is 0 Å². The number of amides is 1. The molecule has 0 bridgehead atoms. The van der Waals surface area contributed by atoms with Gasteiger partial charge in [-0.3, -0.25) is 4.79 Å². The monoisotopic (exact) mass is 354 g/mol. The number of aryl methyl sites for hydroxylation is 2. The Labute approximate surface area is 157 Å². The van der Waals surface area contributed by atoms with Crippen LogP contribution in [-0.4, -0.2) is 32.1 Å². The van der Waals surface area contributed by atoms with Gasteiger partial charge in [0, 0.05) is 25.8 Å². The first kappa shape index (κ1) is 19.8. The highest BCUT2D eigenvalue weighted by Gasteiger charge is 2.18. The van der Waals surface area contributed by atoms with E-state index in [9.17, 15) is 4.79 Å². The van der Waals surface area contributed by atoms with Gasteiger partial charge in [0.15, 0.2) is 6.10 Å². The van der Waals surface area contributed by atoms with Gasteiger partial charge >= 0.3 is 0 Å². The number of hydrogen-bond donors (Lipinski definition) is 1. The number of benzene rings is 2. The molecule has 1 unspecified atom stereocenters. The summed E-state index contributed by atoms with van der Waals surface area (Å²) in [5.41, 5.74) is 3.46. The maximum absolute atomic E-state index is 12.4. The van der Waals surface area contributed by atoms with E-state index in [0.717, 1.165) is 29.8 Å². The molecule has 0 fully saturated rings. The fourth-order valence-electron chi connectivity index (χ4n) is 2.94. The Balaban J connectivity index is 1.78. The average molecular weight is 354 g/mol. The van der Waals surface area contributed by atoms with Crippen LogP contribution in [0, 0.1) is 13.8 Å². The van der Waals surface area contributed by atoms with Gasteiger partial charge < -0.3 is 15.0 Å². The molecule has 0 aliphatic carbocycles.